The van der Waals surface area contributed by atoms with Gasteiger partial charge in [-0.2, -0.15) is 0 Å². The van der Waals surface area contributed by atoms with Crippen LogP contribution in [0.5, 0.6) is 0 Å². The summed E-state index contributed by atoms with van der Waals surface area (Å²) in [6.07, 6.45) is 5.63. The lowest BCUT2D eigenvalue weighted by Crippen LogP contribution is -2.13. The number of rotatable bonds is 6. The Morgan fingerprint density at radius 3 is 2.21 bits per heavy atom. The lowest BCUT2D eigenvalue weighted by atomic mass is 10.2. The average Bonchev–Trinajstić information content (AvgIpc) is 2.99. The van der Waals surface area contributed by atoms with Crippen molar-refractivity contribution in [3.05, 3.63) is 75.6 Å². The summed E-state index contributed by atoms with van der Waals surface area (Å²) in [7, 11) is 2.18. The summed E-state index contributed by atoms with van der Waals surface area (Å²) in [4.78, 5) is 4.23. The largest absolute Gasteiger partial charge is 0.382 e. The molecule has 0 spiro atoms. The van der Waals surface area contributed by atoms with Crippen molar-refractivity contribution in [3.63, 3.8) is 0 Å². The number of halogens is 3. The third-order valence-corrected chi connectivity index (χ3v) is 6.93. The normalized spacial score (nSPS) is 11.6. The van der Waals surface area contributed by atoms with Gasteiger partial charge >= 0.3 is 0 Å². The fraction of sp³-hybridized carbons (Fsp3) is 0.200. The minimum absolute atomic E-state index is 0. The summed E-state index contributed by atoms with van der Waals surface area (Å²) in [6, 6.07) is 12.3. The van der Waals surface area contributed by atoms with Crippen molar-refractivity contribution >= 4 is 65.2 Å². The summed E-state index contributed by atoms with van der Waals surface area (Å²) < 4.78 is 29.6. The van der Waals surface area contributed by atoms with E-state index >= 15 is 0 Å². The van der Waals surface area contributed by atoms with Crippen LogP contribution in [0.2, 0.25) is 0 Å². The molecule has 0 atom stereocenters. The Labute approximate surface area is 194 Å². The molecule has 1 heterocycles. The highest BCUT2D eigenvalue weighted by Crippen LogP contribution is 2.29. The van der Waals surface area contributed by atoms with Crippen molar-refractivity contribution in [2.45, 2.75) is 11.4 Å². The second-order valence-electron chi connectivity index (χ2n) is 6.75. The molecule has 0 saturated carbocycles. The first-order valence-corrected chi connectivity index (χ1v) is 11.6. The number of hydrogen-bond donors (Lipinski definition) is 0. The van der Waals surface area contributed by atoms with E-state index in [1.54, 1.807) is 30.5 Å². The number of aromatic nitrogens is 1. The van der Waals surface area contributed by atoms with Crippen LogP contribution in [0.15, 0.2) is 74.9 Å². The first-order valence-electron chi connectivity index (χ1n) is 8.54. The Hall–Kier alpha value is -1.48. The molecular formula is C20H22Br2ClN3O2S. The van der Waals surface area contributed by atoms with Gasteiger partial charge in [0.2, 0.25) is 0 Å². The van der Waals surface area contributed by atoms with Gasteiger partial charge in [-0.25, -0.2) is 12.4 Å². The van der Waals surface area contributed by atoms with Crippen molar-refractivity contribution < 1.29 is 8.42 Å². The van der Waals surface area contributed by atoms with Crippen molar-refractivity contribution in [1.82, 2.24) is 13.8 Å². The van der Waals surface area contributed by atoms with E-state index in [2.05, 4.69) is 31.9 Å². The SMILES string of the molecule is CN(C)/C=C/N(C)Cc1cn(S(=O)(=O)c2ccc(Br)cc2)c2ccc(Br)cc12.Cl. The Bertz CT molecular complexity index is 1130. The molecule has 0 N–H and O–H groups in total. The summed E-state index contributed by atoms with van der Waals surface area (Å²) in [5.74, 6) is 0. The Kier molecular flexibility index (Phi) is 7.84. The predicted molar refractivity (Wildman–Crippen MR) is 128 cm³/mol. The highest BCUT2D eigenvalue weighted by atomic mass is 79.9. The molecule has 0 aliphatic carbocycles. The van der Waals surface area contributed by atoms with Gasteiger partial charge < -0.3 is 9.80 Å². The maximum atomic E-state index is 13.3. The first-order chi connectivity index (χ1) is 13.2. The monoisotopic (exact) mass is 561 g/mol. The van der Waals surface area contributed by atoms with Crippen LogP contribution in [0.1, 0.15) is 5.56 Å². The lowest BCUT2D eigenvalue weighted by molar-refractivity contribution is 0.436. The molecule has 0 saturated heterocycles. The molecule has 9 heteroatoms. The molecule has 1 aromatic heterocycles. The quantitative estimate of drug-likeness (QED) is 0.409. The zero-order valence-electron chi connectivity index (χ0n) is 16.2. The minimum atomic E-state index is -3.70. The fourth-order valence-corrected chi connectivity index (χ4v) is 4.87. The van der Waals surface area contributed by atoms with E-state index in [9.17, 15) is 8.42 Å². The van der Waals surface area contributed by atoms with Gasteiger partial charge in [-0.1, -0.05) is 31.9 Å². The van der Waals surface area contributed by atoms with Crippen LogP contribution >= 0.6 is 44.3 Å². The number of fused-ring (bicyclic) bond motifs is 1. The fourth-order valence-electron chi connectivity index (χ4n) is 2.85. The van der Waals surface area contributed by atoms with Crippen molar-refractivity contribution in [2.75, 3.05) is 21.1 Å². The Morgan fingerprint density at radius 1 is 0.966 bits per heavy atom. The minimum Gasteiger partial charge on any atom is -0.382 e. The topological polar surface area (TPSA) is 45.5 Å². The number of hydrogen-bond acceptors (Lipinski definition) is 4. The van der Waals surface area contributed by atoms with Gasteiger partial charge in [0.05, 0.1) is 10.4 Å². The molecule has 0 fully saturated rings. The zero-order chi connectivity index (χ0) is 20.5. The van der Waals surface area contributed by atoms with Crippen LogP contribution in [-0.2, 0) is 16.6 Å². The number of benzene rings is 2. The molecule has 156 valence electrons. The van der Waals surface area contributed by atoms with E-state index < -0.39 is 10.0 Å². The van der Waals surface area contributed by atoms with Crippen LogP contribution < -0.4 is 0 Å². The smallest absolute Gasteiger partial charge is 0.268 e. The second kappa shape index (κ2) is 9.55. The Balaban J connectivity index is 0.00000300. The Morgan fingerprint density at radius 2 is 1.59 bits per heavy atom. The third kappa shape index (κ3) is 5.36. The van der Waals surface area contributed by atoms with Gasteiger partial charge in [0.25, 0.3) is 10.0 Å². The first kappa shape index (κ1) is 23.8. The summed E-state index contributed by atoms with van der Waals surface area (Å²) >= 11 is 6.85. The molecule has 0 radical (unpaired) electrons. The molecule has 5 nitrogen and oxygen atoms in total. The highest BCUT2D eigenvalue weighted by molar-refractivity contribution is 9.10. The standard InChI is InChI=1S/C20H21Br2N3O2S.ClH/c1-23(2)10-11-24(3)13-15-14-25(20-9-6-17(22)12-19(15)20)28(26,27)18-7-4-16(21)5-8-18;/h4-12,14H,13H2,1-3H3;1H/b11-10+;. The van der Waals surface area contributed by atoms with Gasteiger partial charge in [-0.05, 0) is 48.0 Å². The third-order valence-electron chi connectivity index (χ3n) is 4.22. The van der Waals surface area contributed by atoms with E-state index in [0.29, 0.717) is 12.1 Å². The van der Waals surface area contributed by atoms with Crippen molar-refractivity contribution in [3.8, 4) is 0 Å². The molecule has 29 heavy (non-hydrogen) atoms. The molecule has 2 aromatic carbocycles. The lowest BCUT2D eigenvalue weighted by Gasteiger charge is -2.15. The number of nitrogens with zero attached hydrogens (tertiary/aromatic N) is 3. The molecule has 0 bridgehead atoms. The molecule has 0 amide bonds. The maximum Gasteiger partial charge on any atom is 0.268 e. The summed E-state index contributed by atoms with van der Waals surface area (Å²) in [6.45, 7) is 0.583. The second-order valence-corrected chi connectivity index (χ2v) is 10.4. The van der Waals surface area contributed by atoms with Gasteiger partial charge in [0, 0.05) is 60.6 Å². The van der Waals surface area contributed by atoms with E-state index in [0.717, 1.165) is 19.9 Å². The van der Waals surface area contributed by atoms with Gasteiger partial charge in [0.1, 0.15) is 0 Å². The maximum absolute atomic E-state index is 13.3. The van der Waals surface area contributed by atoms with Crippen molar-refractivity contribution in [1.29, 1.82) is 0 Å². The predicted octanol–water partition coefficient (Wildman–Crippen LogP) is 5.29. The van der Waals surface area contributed by atoms with Crippen LogP contribution in [0.25, 0.3) is 10.9 Å². The highest BCUT2D eigenvalue weighted by Gasteiger charge is 2.21. The van der Waals surface area contributed by atoms with E-state index in [-0.39, 0.29) is 17.3 Å². The molecule has 0 unspecified atom stereocenters. The molecule has 0 aliphatic heterocycles. The summed E-state index contributed by atoms with van der Waals surface area (Å²) in [5.41, 5.74) is 1.59. The van der Waals surface area contributed by atoms with Crippen LogP contribution in [0.4, 0.5) is 0 Å². The molecular weight excluding hydrogens is 542 g/mol. The molecule has 0 aliphatic rings. The van der Waals surface area contributed by atoms with Gasteiger partial charge in [-0.3, -0.25) is 0 Å². The van der Waals surface area contributed by atoms with Gasteiger partial charge in [0.15, 0.2) is 0 Å². The van der Waals surface area contributed by atoms with E-state index in [1.807, 2.05) is 61.5 Å². The van der Waals surface area contributed by atoms with Gasteiger partial charge in [-0.15, -0.1) is 12.4 Å². The van der Waals surface area contributed by atoms with Crippen LogP contribution in [0, 0.1) is 0 Å². The van der Waals surface area contributed by atoms with Crippen LogP contribution in [-0.4, -0.2) is 43.3 Å². The average molecular weight is 564 g/mol. The molecule has 3 rings (SSSR count). The van der Waals surface area contributed by atoms with E-state index in [4.69, 9.17) is 0 Å². The molecule has 3 aromatic rings. The van der Waals surface area contributed by atoms with Crippen molar-refractivity contribution in [2.24, 2.45) is 0 Å². The summed E-state index contributed by atoms with van der Waals surface area (Å²) in [5, 5.41) is 0.903. The zero-order valence-corrected chi connectivity index (χ0v) is 21.0. The van der Waals surface area contributed by atoms with Crippen LogP contribution in [0.3, 0.4) is 0 Å². The van der Waals surface area contributed by atoms with E-state index in [1.165, 1.54) is 3.97 Å².